The molecule has 0 spiro atoms. The van der Waals surface area contributed by atoms with Gasteiger partial charge >= 0.3 is 0 Å². The molecular formula is C32H34N4O4. The second-order valence-electron chi connectivity index (χ2n) is 9.49. The van der Waals surface area contributed by atoms with Crippen molar-refractivity contribution >= 4 is 18.2 Å². The number of hydrogen-bond donors (Lipinski definition) is 2. The number of allylic oxidation sites excluding steroid dienone is 3. The standard InChI is InChI=1S/C32H34N4O4/c37-24-36(40-22-26-13-6-2-7-14-26)21-28(20-19-25-11-4-1-5-12-25)31(38)33-23-34-32(39)30-18-10-17-29(35-30)27-15-8-3-9-16-27/h1-6,8-13,15-18,24,28H,7,14,19-23H2,(H,33,38)(H,34,39)/t28-/m1/s1. The van der Waals surface area contributed by atoms with Gasteiger partial charge in [0, 0.05) is 5.56 Å². The summed E-state index contributed by atoms with van der Waals surface area (Å²) in [6, 6.07) is 24.7. The maximum Gasteiger partial charge on any atom is 0.271 e. The number of amides is 3. The molecule has 4 rings (SSSR count). The first-order chi connectivity index (χ1) is 19.6. The Morgan fingerprint density at radius 3 is 2.48 bits per heavy atom. The third-order valence-corrected chi connectivity index (χ3v) is 6.59. The Balaban J connectivity index is 1.34. The van der Waals surface area contributed by atoms with Crippen LogP contribution in [-0.4, -0.2) is 48.1 Å². The molecule has 1 aromatic heterocycles. The van der Waals surface area contributed by atoms with Gasteiger partial charge < -0.3 is 10.6 Å². The van der Waals surface area contributed by atoms with E-state index in [4.69, 9.17) is 4.84 Å². The summed E-state index contributed by atoms with van der Waals surface area (Å²) < 4.78 is 0. The molecular weight excluding hydrogens is 504 g/mol. The summed E-state index contributed by atoms with van der Waals surface area (Å²) in [5.74, 6) is -1.22. The molecule has 0 saturated heterocycles. The zero-order valence-electron chi connectivity index (χ0n) is 22.4. The van der Waals surface area contributed by atoms with Crippen LogP contribution in [0.5, 0.6) is 0 Å². The van der Waals surface area contributed by atoms with Gasteiger partial charge in [-0.1, -0.05) is 85.0 Å². The monoisotopic (exact) mass is 538 g/mol. The predicted octanol–water partition coefficient (Wildman–Crippen LogP) is 4.47. The summed E-state index contributed by atoms with van der Waals surface area (Å²) in [7, 11) is 0. The van der Waals surface area contributed by atoms with Crippen molar-refractivity contribution < 1.29 is 19.2 Å². The van der Waals surface area contributed by atoms with Crippen LogP contribution >= 0.6 is 0 Å². The average Bonchev–Trinajstić information content (AvgIpc) is 3.02. The molecule has 40 heavy (non-hydrogen) atoms. The van der Waals surface area contributed by atoms with E-state index in [1.807, 2.05) is 78.9 Å². The van der Waals surface area contributed by atoms with Gasteiger partial charge in [-0.15, -0.1) is 0 Å². The van der Waals surface area contributed by atoms with E-state index in [1.54, 1.807) is 12.1 Å². The first-order valence-corrected chi connectivity index (χ1v) is 13.4. The van der Waals surface area contributed by atoms with E-state index < -0.39 is 11.8 Å². The summed E-state index contributed by atoms with van der Waals surface area (Å²) in [5, 5.41) is 6.68. The highest BCUT2D eigenvalue weighted by molar-refractivity contribution is 5.93. The van der Waals surface area contributed by atoms with Gasteiger partial charge in [-0.2, -0.15) is 0 Å². The summed E-state index contributed by atoms with van der Waals surface area (Å²) in [5.41, 5.74) is 4.03. The van der Waals surface area contributed by atoms with Crippen LogP contribution in [-0.2, 0) is 20.8 Å². The van der Waals surface area contributed by atoms with E-state index in [0.29, 0.717) is 31.6 Å². The average molecular weight is 539 g/mol. The molecule has 0 saturated carbocycles. The first kappa shape index (κ1) is 28.4. The highest BCUT2D eigenvalue weighted by atomic mass is 16.7. The van der Waals surface area contributed by atoms with Gasteiger partial charge in [-0.3, -0.25) is 19.2 Å². The summed E-state index contributed by atoms with van der Waals surface area (Å²) in [4.78, 5) is 47.9. The zero-order valence-corrected chi connectivity index (χ0v) is 22.4. The lowest BCUT2D eigenvalue weighted by Gasteiger charge is -2.24. The zero-order chi connectivity index (χ0) is 28.0. The second kappa shape index (κ2) is 15.1. The SMILES string of the molecule is O=CN(C[C@@H](CCc1ccccc1)C(=O)NCNC(=O)c1cccc(-c2ccccc2)n1)OCC1=CC=CCC1. The van der Waals surface area contributed by atoms with Crippen LogP contribution in [0.4, 0.5) is 0 Å². The van der Waals surface area contributed by atoms with Crippen molar-refractivity contribution in [3.05, 3.63) is 114 Å². The fourth-order valence-corrected chi connectivity index (χ4v) is 4.35. The van der Waals surface area contributed by atoms with Gasteiger partial charge in [0.05, 0.1) is 31.4 Å². The topological polar surface area (TPSA) is 101 Å². The molecule has 1 aliphatic rings. The molecule has 0 bridgehead atoms. The van der Waals surface area contributed by atoms with Crippen molar-refractivity contribution in [1.82, 2.24) is 20.7 Å². The number of benzene rings is 2. The molecule has 1 heterocycles. The van der Waals surface area contributed by atoms with E-state index in [-0.39, 0.29) is 24.8 Å². The lowest BCUT2D eigenvalue weighted by Crippen LogP contribution is -2.43. The Labute approximate surface area is 234 Å². The molecule has 2 aromatic carbocycles. The van der Waals surface area contributed by atoms with Crippen LogP contribution in [0.2, 0.25) is 0 Å². The lowest BCUT2D eigenvalue weighted by atomic mass is 9.98. The third-order valence-electron chi connectivity index (χ3n) is 6.59. The molecule has 0 aliphatic heterocycles. The fraction of sp³-hybridized carbons (Fsp3) is 0.250. The highest BCUT2D eigenvalue weighted by Crippen LogP contribution is 2.17. The third kappa shape index (κ3) is 8.74. The first-order valence-electron chi connectivity index (χ1n) is 13.4. The van der Waals surface area contributed by atoms with Gasteiger partial charge in [0.15, 0.2) is 0 Å². The number of rotatable bonds is 14. The van der Waals surface area contributed by atoms with Gasteiger partial charge in [-0.25, -0.2) is 10.0 Å². The van der Waals surface area contributed by atoms with Gasteiger partial charge in [0.2, 0.25) is 12.3 Å². The summed E-state index contributed by atoms with van der Waals surface area (Å²) >= 11 is 0. The highest BCUT2D eigenvalue weighted by Gasteiger charge is 2.22. The Hall–Kier alpha value is -4.56. The molecule has 1 aliphatic carbocycles. The van der Waals surface area contributed by atoms with E-state index in [2.05, 4.69) is 21.7 Å². The number of aryl methyl sites for hydroxylation is 1. The molecule has 8 nitrogen and oxygen atoms in total. The molecule has 0 fully saturated rings. The largest absolute Gasteiger partial charge is 0.338 e. The molecule has 2 N–H and O–H groups in total. The van der Waals surface area contributed by atoms with Crippen molar-refractivity contribution in [3.63, 3.8) is 0 Å². The van der Waals surface area contributed by atoms with E-state index in [9.17, 15) is 14.4 Å². The van der Waals surface area contributed by atoms with Crippen LogP contribution in [0.15, 0.2) is 103 Å². The molecule has 3 aromatic rings. The van der Waals surface area contributed by atoms with E-state index in [0.717, 1.165) is 29.5 Å². The number of nitrogens with zero attached hydrogens (tertiary/aromatic N) is 2. The summed E-state index contributed by atoms with van der Waals surface area (Å²) in [6.45, 7) is 0.318. The minimum Gasteiger partial charge on any atom is -0.338 e. The number of aromatic nitrogens is 1. The van der Waals surface area contributed by atoms with E-state index in [1.165, 1.54) is 5.06 Å². The molecule has 1 atom stereocenters. The van der Waals surface area contributed by atoms with Crippen molar-refractivity contribution in [1.29, 1.82) is 0 Å². The quantitative estimate of drug-likeness (QED) is 0.179. The van der Waals surface area contributed by atoms with Gasteiger partial charge in [0.25, 0.3) is 5.91 Å². The Morgan fingerprint density at radius 1 is 0.975 bits per heavy atom. The molecule has 0 radical (unpaired) electrons. The van der Waals surface area contributed by atoms with Crippen molar-refractivity contribution in [3.8, 4) is 11.3 Å². The summed E-state index contributed by atoms with van der Waals surface area (Å²) in [6.07, 6.45) is 9.63. The minimum absolute atomic E-state index is 0.0715. The van der Waals surface area contributed by atoms with Crippen molar-refractivity contribution in [2.75, 3.05) is 19.8 Å². The van der Waals surface area contributed by atoms with Crippen LogP contribution in [0.3, 0.4) is 0 Å². The normalized spacial score (nSPS) is 13.2. The Bertz CT molecular complexity index is 1330. The maximum absolute atomic E-state index is 13.2. The fourth-order valence-electron chi connectivity index (χ4n) is 4.35. The Morgan fingerprint density at radius 2 is 1.75 bits per heavy atom. The molecule has 0 unspecified atom stereocenters. The number of hydrogen-bond acceptors (Lipinski definition) is 5. The van der Waals surface area contributed by atoms with Crippen molar-refractivity contribution in [2.24, 2.45) is 5.92 Å². The van der Waals surface area contributed by atoms with Crippen molar-refractivity contribution in [2.45, 2.75) is 25.7 Å². The smallest absolute Gasteiger partial charge is 0.271 e. The number of carbonyl (C=O) groups is 3. The minimum atomic E-state index is -0.540. The molecule has 8 heteroatoms. The van der Waals surface area contributed by atoms with Crippen LogP contribution in [0.1, 0.15) is 35.3 Å². The predicted molar refractivity (Wildman–Crippen MR) is 154 cm³/mol. The molecule has 3 amide bonds. The molecule has 206 valence electrons. The van der Waals surface area contributed by atoms with Crippen LogP contribution in [0, 0.1) is 5.92 Å². The maximum atomic E-state index is 13.2. The van der Waals surface area contributed by atoms with E-state index >= 15 is 0 Å². The number of pyridine rings is 1. The van der Waals surface area contributed by atoms with Crippen LogP contribution in [0.25, 0.3) is 11.3 Å². The lowest BCUT2D eigenvalue weighted by molar-refractivity contribution is -0.173. The van der Waals surface area contributed by atoms with Gasteiger partial charge in [-0.05, 0) is 49.0 Å². The van der Waals surface area contributed by atoms with Gasteiger partial charge in [0.1, 0.15) is 5.69 Å². The van der Waals surface area contributed by atoms with Crippen LogP contribution < -0.4 is 10.6 Å². The number of hydroxylamine groups is 2. The number of nitrogens with one attached hydrogen (secondary N) is 2. The Kier molecular flexibility index (Phi) is 10.8. The second-order valence-corrected chi connectivity index (χ2v) is 9.49. The number of carbonyl (C=O) groups excluding carboxylic acids is 3.